The van der Waals surface area contributed by atoms with Crippen LogP contribution in [-0.4, -0.2) is 29.6 Å². The van der Waals surface area contributed by atoms with Gasteiger partial charge in [-0.25, -0.2) is 4.98 Å². The predicted molar refractivity (Wildman–Crippen MR) is 116 cm³/mol. The molecule has 3 aromatic rings. The van der Waals surface area contributed by atoms with Gasteiger partial charge in [0.25, 0.3) is 5.91 Å². The van der Waals surface area contributed by atoms with Crippen molar-refractivity contribution in [2.75, 3.05) is 18.1 Å². The van der Waals surface area contributed by atoms with Gasteiger partial charge in [0.1, 0.15) is 10.7 Å². The van der Waals surface area contributed by atoms with Gasteiger partial charge in [0.05, 0.1) is 5.75 Å². The average Bonchev–Trinajstić information content (AvgIpc) is 3.08. The van der Waals surface area contributed by atoms with E-state index in [2.05, 4.69) is 15.6 Å². The molecule has 1 aromatic heterocycles. The zero-order valence-electron chi connectivity index (χ0n) is 15.9. The van der Waals surface area contributed by atoms with E-state index in [1.165, 1.54) is 23.1 Å². The lowest BCUT2D eigenvalue weighted by Crippen LogP contribution is -2.19. The number of hydrogen-bond donors (Lipinski definition) is 2. The number of benzene rings is 2. The maximum absolute atomic E-state index is 12.8. The van der Waals surface area contributed by atoms with Crippen LogP contribution in [0.5, 0.6) is 0 Å². The highest BCUT2D eigenvalue weighted by atomic mass is 32.2. The summed E-state index contributed by atoms with van der Waals surface area (Å²) in [7, 11) is 1.61. The zero-order chi connectivity index (χ0) is 20.1. The number of carbonyl (C=O) groups is 2. The van der Waals surface area contributed by atoms with Crippen molar-refractivity contribution in [2.24, 2.45) is 0 Å². The number of hydrogen-bond acceptors (Lipinski definition) is 5. The van der Waals surface area contributed by atoms with E-state index in [1.807, 2.05) is 62.4 Å². The predicted octanol–water partition coefficient (Wildman–Crippen LogP) is 4.52. The van der Waals surface area contributed by atoms with Crippen molar-refractivity contribution < 1.29 is 9.59 Å². The van der Waals surface area contributed by atoms with Crippen molar-refractivity contribution in [1.29, 1.82) is 0 Å². The van der Waals surface area contributed by atoms with Crippen LogP contribution in [0.2, 0.25) is 0 Å². The van der Waals surface area contributed by atoms with E-state index in [1.54, 1.807) is 7.05 Å². The Balaban J connectivity index is 1.90. The molecule has 0 bridgehead atoms. The fourth-order valence-corrected chi connectivity index (χ4v) is 4.65. The Kier molecular flexibility index (Phi) is 6.49. The third kappa shape index (κ3) is 4.99. The highest BCUT2D eigenvalue weighted by Crippen LogP contribution is 2.37. The summed E-state index contributed by atoms with van der Waals surface area (Å²) in [4.78, 5) is 29.0. The lowest BCUT2D eigenvalue weighted by molar-refractivity contribution is -0.118. The summed E-state index contributed by atoms with van der Waals surface area (Å²) in [5, 5.41) is 6.28. The van der Waals surface area contributed by atoms with E-state index in [4.69, 9.17) is 0 Å². The van der Waals surface area contributed by atoms with Crippen LogP contribution < -0.4 is 10.6 Å². The summed E-state index contributed by atoms with van der Waals surface area (Å²) in [5.74, 6) is 0.0423. The average molecular weight is 412 g/mol. The van der Waals surface area contributed by atoms with Gasteiger partial charge in [-0.05, 0) is 26.0 Å². The second-order valence-corrected chi connectivity index (χ2v) is 8.54. The number of thiazole rings is 1. The Morgan fingerprint density at radius 3 is 2.39 bits per heavy atom. The number of rotatable bonds is 6. The number of aryl methyl sites for hydroxylation is 2. The second-order valence-electron chi connectivity index (χ2n) is 6.32. The summed E-state index contributed by atoms with van der Waals surface area (Å²) in [6.07, 6.45) is 0. The van der Waals surface area contributed by atoms with Crippen molar-refractivity contribution in [1.82, 2.24) is 10.3 Å². The molecule has 0 unspecified atom stereocenters. The number of aromatic nitrogens is 1. The van der Waals surface area contributed by atoms with E-state index in [9.17, 15) is 9.59 Å². The van der Waals surface area contributed by atoms with Crippen LogP contribution in [-0.2, 0) is 4.79 Å². The fraction of sp³-hybridized carbons (Fsp3) is 0.190. The number of nitrogens with zero attached hydrogens (tertiary/aromatic N) is 1. The molecule has 0 fully saturated rings. The number of amides is 2. The van der Waals surface area contributed by atoms with E-state index >= 15 is 0 Å². The van der Waals surface area contributed by atoms with Gasteiger partial charge in [0.15, 0.2) is 4.34 Å². The largest absolute Gasteiger partial charge is 0.358 e. The van der Waals surface area contributed by atoms with Crippen LogP contribution in [0, 0.1) is 13.8 Å². The molecule has 28 heavy (non-hydrogen) atoms. The monoisotopic (exact) mass is 411 g/mol. The van der Waals surface area contributed by atoms with Gasteiger partial charge in [0.2, 0.25) is 5.91 Å². The topological polar surface area (TPSA) is 71.1 Å². The minimum absolute atomic E-state index is 0.0673. The van der Waals surface area contributed by atoms with Crippen molar-refractivity contribution in [3.8, 4) is 11.3 Å². The molecule has 0 aliphatic rings. The van der Waals surface area contributed by atoms with Crippen molar-refractivity contribution in [3.05, 3.63) is 65.2 Å². The lowest BCUT2D eigenvalue weighted by Gasteiger charge is -2.07. The van der Waals surface area contributed by atoms with E-state index in [0.29, 0.717) is 16.3 Å². The molecule has 0 aliphatic heterocycles. The normalized spacial score (nSPS) is 10.5. The first-order valence-electron chi connectivity index (χ1n) is 8.75. The first-order chi connectivity index (χ1) is 13.5. The first kappa shape index (κ1) is 20.1. The van der Waals surface area contributed by atoms with Crippen LogP contribution in [0.15, 0.2) is 52.9 Å². The highest BCUT2D eigenvalue weighted by molar-refractivity contribution is 8.01. The van der Waals surface area contributed by atoms with E-state index in [0.717, 1.165) is 21.0 Å². The maximum Gasteiger partial charge on any atom is 0.256 e. The molecule has 0 atom stereocenters. The Morgan fingerprint density at radius 1 is 1.07 bits per heavy atom. The van der Waals surface area contributed by atoms with Gasteiger partial charge in [-0.2, -0.15) is 0 Å². The molecule has 0 saturated heterocycles. The molecule has 3 rings (SSSR count). The summed E-state index contributed by atoms with van der Waals surface area (Å²) in [6, 6.07) is 15.5. The number of anilines is 1. The molecule has 1 heterocycles. The molecule has 2 aromatic carbocycles. The van der Waals surface area contributed by atoms with Crippen LogP contribution in [0.4, 0.5) is 5.00 Å². The molecule has 0 spiro atoms. The fourth-order valence-electron chi connectivity index (χ4n) is 2.72. The number of nitrogens with one attached hydrogen (secondary N) is 2. The van der Waals surface area contributed by atoms with Crippen LogP contribution >= 0.6 is 23.1 Å². The maximum atomic E-state index is 12.8. The summed E-state index contributed by atoms with van der Waals surface area (Å²) < 4.78 is 0.734. The molecule has 7 heteroatoms. The third-order valence-electron chi connectivity index (χ3n) is 3.97. The Labute approximate surface area is 172 Å². The molecule has 0 radical (unpaired) electrons. The minimum atomic E-state index is -0.171. The molecule has 0 saturated carbocycles. The van der Waals surface area contributed by atoms with Gasteiger partial charge in [-0.3, -0.25) is 9.59 Å². The van der Waals surface area contributed by atoms with Gasteiger partial charge in [-0.1, -0.05) is 70.6 Å². The lowest BCUT2D eigenvalue weighted by atomic mass is 10.1. The van der Waals surface area contributed by atoms with E-state index < -0.39 is 0 Å². The molecule has 5 nitrogen and oxygen atoms in total. The van der Waals surface area contributed by atoms with Gasteiger partial charge >= 0.3 is 0 Å². The molecular weight excluding hydrogens is 390 g/mol. The summed E-state index contributed by atoms with van der Waals surface area (Å²) >= 11 is 2.73. The summed E-state index contributed by atoms with van der Waals surface area (Å²) in [5.41, 5.74) is 4.33. The highest BCUT2D eigenvalue weighted by Gasteiger charge is 2.17. The Hall–Kier alpha value is -2.64. The second kappa shape index (κ2) is 9.03. The molecule has 0 aliphatic carbocycles. The van der Waals surface area contributed by atoms with Crippen LogP contribution in [0.1, 0.15) is 21.5 Å². The van der Waals surface area contributed by atoms with Crippen molar-refractivity contribution in [2.45, 2.75) is 18.2 Å². The molecule has 144 valence electrons. The molecule has 2 amide bonds. The van der Waals surface area contributed by atoms with Gasteiger partial charge < -0.3 is 10.6 Å². The minimum Gasteiger partial charge on any atom is -0.358 e. The van der Waals surface area contributed by atoms with Crippen LogP contribution in [0.3, 0.4) is 0 Å². The van der Waals surface area contributed by atoms with Crippen LogP contribution in [0.25, 0.3) is 11.3 Å². The first-order valence-corrected chi connectivity index (χ1v) is 10.6. The smallest absolute Gasteiger partial charge is 0.256 e. The SMILES string of the molecule is CNC(=O)CSc1nc(-c2ccccc2)c(NC(=O)c2cc(C)cc(C)c2)s1. The Morgan fingerprint density at radius 2 is 1.75 bits per heavy atom. The zero-order valence-corrected chi connectivity index (χ0v) is 17.5. The van der Waals surface area contributed by atoms with E-state index in [-0.39, 0.29) is 17.6 Å². The van der Waals surface area contributed by atoms with Gasteiger partial charge in [0, 0.05) is 18.2 Å². The Bertz CT molecular complexity index is 980. The standard InChI is InChI=1S/C21H21N3O2S2/c1-13-9-14(2)11-16(10-13)19(26)24-20-18(15-7-5-4-6-8-15)23-21(28-20)27-12-17(25)22-3/h4-11H,12H2,1-3H3,(H,22,25)(H,24,26). The van der Waals surface area contributed by atoms with Crippen molar-refractivity contribution in [3.63, 3.8) is 0 Å². The number of carbonyl (C=O) groups excluding carboxylic acids is 2. The third-order valence-corrected chi connectivity index (χ3v) is 6.09. The number of thioether (sulfide) groups is 1. The summed E-state index contributed by atoms with van der Waals surface area (Å²) in [6.45, 7) is 3.94. The molecular formula is C21H21N3O2S2. The quantitative estimate of drug-likeness (QED) is 0.585. The molecule has 2 N–H and O–H groups in total. The van der Waals surface area contributed by atoms with Crippen molar-refractivity contribution >= 4 is 39.9 Å². The van der Waals surface area contributed by atoms with Gasteiger partial charge in [-0.15, -0.1) is 0 Å².